The van der Waals surface area contributed by atoms with Crippen LogP contribution in [-0.2, 0) is 19.2 Å². The van der Waals surface area contributed by atoms with Crippen molar-refractivity contribution in [2.24, 2.45) is 23.5 Å². The van der Waals surface area contributed by atoms with Gasteiger partial charge in [-0.25, -0.2) is 0 Å². The Balaban J connectivity index is 2.44. The molecular formula is C24H37N3O4. The summed E-state index contributed by atoms with van der Waals surface area (Å²) in [5, 5.41) is 0. The van der Waals surface area contributed by atoms with Crippen LogP contribution in [0.3, 0.4) is 0 Å². The molecule has 0 bridgehead atoms. The summed E-state index contributed by atoms with van der Waals surface area (Å²) in [4.78, 5) is 51.4. The first-order valence-corrected chi connectivity index (χ1v) is 11.3. The van der Waals surface area contributed by atoms with Crippen LogP contribution in [0.4, 0.5) is 0 Å². The minimum Gasteiger partial charge on any atom is -0.370 e. The van der Waals surface area contributed by atoms with E-state index in [9.17, 15) is 19.2 Å². The van der Waals surface area contributed by atoms with E-state index < -0.39 is 5.91 Å². The monoisotopic (exact) mass is 431 g/mol. The number of amides is 4. The number of primary amides is 1. The number of allylic oxidation sites excluding steroid dienone is 2. The lowest BCUT2D eigenvalue weighted by molar-refractivity contribution is -0.140. The molecule has 0 aromatic rings. The van der Waals surface area contributed by atoms with Crippen molar-refractivity contribution in [1.29, 1.82) is 0 Å². The molecule has 0 saturated carbocycles. The molecular weight excluding hydrogens is 394 g/mol. The Hall–Kier alpha value is -2.62. The number of imide groups is 1. The topological polar surface area (TPSA) is 101 Å². The van der Waals surface area contributed by atoms with Crippen LogP contribution in [0.1, 0.15) is 65.7 Å². The van der Waals surface area contributed by atoms with Gasteiger partial charge in [0, 0.05) is 31.8 Å². The second kappa shape index (κ2) is 13.6. The van der Waals surface area contributed by atoms with E-state index in [4.69, 9.17) is 12.2 Å². The molecule has 1 fully saturated rings. The zero-order chi connectivity index (χ0) is 23.4. The van der Waals surface area contributed by atoms with Crippen molar-refractivity contribution in [3.63, 3.8) is 0 Å². The number of hydrogen-bond acceptors (Lipinski definition) is 4. The standard InChI is InChI=1S/C24H37N3O4/c1-5-12-19(7-3)22-18(4)23(30)27(24(22)31)17-11-9-8-10-16-26(15-6-2)21(29)14-13-20(25)28/h2,5,12,18-19,22H,7-11,13-17H2,1,3-4H3,(H2,25,28)/b12-5-. The van der Waals surface area contributed by atoms with Gasteiger partial charge < -0.3 is 10.6 Å². The predicted molar refractivity (Wildman–Crippen MR) is 120 cm³/mol. The smallest absolute Gasteiger partial charge is 0.233 e. The van der Waals surface area contributed by atoms with Crippen LogP contribution in [0.15, 0.2) is 12.2 Å². The maximum Gasteiger partial charge on any atom is 0.233 e. The summed E-state index contributed by atoms with van der Waals surface area (Å²) in [6.45, 7) is 6.99. The van der Waals surface area contributed by atoms with Crippen molar-refractivity contribution in [1.82, 2.24) is 9.80 Å². The molecule has 4 amide bonds. The summed E-state index contributed by atoms with van der Waals surface area (Å²) in [6, 6.07) is 0. The van der Waals surface area contributed by atoms with Crippen molar-refractivity contribution < 1.29 is 19.2 Å². The summed E-state index contributed by atoms with van der Waals surface area (Å²) < 4.78 is 0. The van der Waals surface area contributed by atoms with E-state index in [1.165, 1.54) is 4.90 Å². The van der Waals surface area contributed by atoms with E-state index in [1.54, 1.807) is 4.90 Å². The number of hydrogen-bond donors (Lipinski definition) is 1. The molecule has 3 atom stereocenters. The Labute approximate surface area is 186 Å². The van der Waals surface area contributed by atoms with Gasteiger partial charge in [-0.2, -0.15) is 0 Å². The van der Waals surface area contributed by atoms with Crippen LogP contribution >= 0.6 is 0 Å². The Morgan fingerprint density at radius 1 is 1.19 bits per heavy atom. The second-order valence-electron chi connectivity index (χ2n) is 8.14. The van der Waals surface area contributed by atoms with Gasteiger partial charge in [-0.1, -0.05) is 44.8 Å². The van der Waals surface area contributed by atoms with E-state index >= 15 is 0 Å². The summed E-state index contributed by atoms with van der Waals surface area (Å²) >= 11 is 0. The predicted octanol–water partition coefficient (Wildman–Crippen LogP) is 2.50. The number of carbonyl (C=O) groups is 4. The molecule has 1 aliphatic rings. The maximum absolute atomic E-state index is 12.8. The lowest BCUT2D eigenvalue weighted by Gasteiger charge is -2.20. The summed E-state index contributed by atoms with van der Waals surface area (Å²) in [7, 11) is 0. The fourth-order valence-corrected chi connectivity index (χ4v) is 4.15. The Morgan fingerprint density at radius 2 is 1.87 bits per heavy atom. The van der Waals surface area contributed by atoms with Crippen LogP contribution < -0.4 is 5.73 Å². The molecule has 1 saturated heterocycles. The van der Waals surface area contributed by atoms with Crippen LogP contribution in [-0.4, -0.2) is 53.1 Å². The van der Waals surface area contributed by atoms with E-state index in [-0.39, 0.29) is 54.9 Å². The van der Waals surface area contributed by atoms with Gasteiger partial charge in [-0.05, 0) is 32.1 Å². The molecule has 0 aromatic carbocycles. The second-order valence-corrected chi connectivity index (χ2v) is 8.14. The van der Waals surface area contributed by atoms with Gasteiger partial charge in [0.05, 0.1) is 12.5 Å². The summed E-state index contributed by atoms with van der Waals surface area (Å²) in [5.41, 5.74) is 5.09. The molecule has 2 N–H and O–H groups in total. The van der Waals surface area contributed by atoms with Gasteiger partial charge in [0.2, 0.25) is 23.6 Å². The van der Waals surface area contributed by atoms with Crippen LogP contribution in [0, 0.1) is 30.1 Å². The van der Waals surface area contributed by atoms with Crippen molar-refractivity contribution in [3.8, 4) is 12.3 Å². The third-order valence-corrected chi connectivity index (χ3v) is 5.90. The van der Waals surface area contributed by atoms with Gasteiger partial charge in [0.1, 0.15) is 0 Å². The Morgan fingerprint density at radius 3 is 2.45 bits per heavy atom. The van der Waals surface area contributed by atoms with Crippen molar-refractivity contribution in [2.45, 2.75) is 65.7 Å². The summed E-state index contributed by atoms with van der Waals surface area (Å²) in [5.74, 6) is 1.21. The molecule has 7 nitrogen and oxygen atoms in total. The van der Waals surface area contributed by atoms with Crippen LogP contribution in [0.5, 0.6) is 0 Å². The Kier molecular flexibility index (Phi) is 11.6. The molecule has 0 aliphatic carbocycles. The number of carbonyl (C=O) groups excluding carboxylic acids is 4. The molecule has 3 unspecified atom stereocenters. The minimum absolute atomic E-state index is 0.0180. The molecule has 1 aliphatic heterocycles. The zero-order valence-electron chi connectivity index (χ0n) is 19.1. The van der Waals surface area contributed by atoms with Gasteiger partial charge in [-0.3, -0.25) is 24.1 Å². The number of rotatable bonds is 14. The first-order chi connectivity index (χ1) is 14.8. The minimum atomic E-state index is -0.507. The first-order valence-electron chi connectivity index (χ1n) is 11.3. The van der Waals surface area contributed by atoms with E-state index in [0.717, 1.165) is 32.1 Å². The quantitative estimate of drug-likeness (QED) is 0.198. The third-order valence-electron chi connectivity index (χ3n) is 5.90. The van der Waals surface area contributed by atoms with Crippen molar-refractivity contribution >= 4 is 23.6 Å². The third kappa shape index (κ3) is 7.86. The van der Waals surface area contributed by atoms with Gasteiger partial charge in [0.15, 0.2) is 0 Å². The lowest BCUT2D eigenvalue weighted by Crippen LogP contribution is -2.33. The molecule has 7 heteroatoms. The van der Waals surface area contributed by atoms with Gasteiger partial charge in [-0.15, -0.1) is 6.42 Å². The number of terminal acetylenes is 1. The molecule has 1 heterocycles. The summed E-state index contributed by atoms with van der Waals surface area (Å²) in [6.07, 6.45) is 13.4. The van der Waals surface area contributed by atoms with E-state index in [2.05, 4.69) is 5.92 Å². The molecule has 1 rings (SSSR count). The van der Waals surface area contributed by atoms with Crippen molar-refractivity contribution in [3.05, 3.63) is 12.2 Å². The van der Waals surface area contributed by atoms with E-state index in [0.29, 0.717) is 13.1 Å². The molecule has 0 radical (unpaired) electrons. The highest BCUT2D eigenvalue weighted by atomic mass is 16.2. The van der Waals surface area contributed by atoms with E-state index in [1.807, 2.05) is 32.9 Å². The van der Waals surface area contributed by atoms with Gasteiger partial charge >= 0.3 is 0 Å². The largest absolute Gasteiger partial charge is 0.370 e. The average Bonchev–Trinajstić information content (AvgIpc) is 2.94. The number of nitrogens with zero attached hydrogens (tertiary/aromatic N) is 2. The lowest BCUT2D eigenvalue weighted by atomic mass is 9.82. The Bertz CT molecular complexity index is 710. The molecule has 0 spiro atoms. The number of likely N-dealkylation sites (tertiary alicyclic amines) is 1. The molecule has 172 valence electrons. The maximum atomic E-state index is 12.8. The average molecular weight is 432 g/mol. The highest BCUT2D eigenvalue weighted by Gasteiger charge is 2.46. The van der Waals surface area contributed by atoms with Crippen LogP contribution in [0.25, 0.3) is 0 Å². The number of nitrogens with two attached hydrogens (primary N) is 1. The number of unbranched alkanes of at least 4 members (excludes halogenated alkanes) is 3. The highest BCUT2D eigenvalue weighted by molar-refractivity contribution is 6.05. The van der Waals surface area contributed by atoms with Crippen molar-refractivity contribution in [2.75, 3.05) is 19.6 Å². The fraction of sp³-hybridized carbons (Fsp3) is 0.667. The highest BCUT2D eigenvalue weighted by Crippen LogP contribution is 2.34. The first kappa shape index (κ1) is 26.4. The normalized spacial score (nSPS) is 19.6. The van der Waals surface area contributed by atoms with Crippen LogP contribution in [0.2, 0.25) is 0 Å². The SMILES string of the molecule is C#CCN(CCCCCCN1C(=O)C(C)C(C(/C=C\C)CC)C1=O)C(=O)CCC(N)=O. The fourth-order valence-electron chi connectivity index (χ4n) is 4.15. The molecule has 0 aromatic heterocycles. The molecule has 31 heavy (non-hydrogen) atoms. The zero-order valence-corrected chi connectivity index (χ0v) is 19.1. The van der Waals surface area contributed by atoms with Gasteiger partial charge in [0.25, 0.3) is 0 Å².